The van der Waals surface area contributed by atoms with Crippen molar-refractivity contribution in [2.24, 2.45) is 0 Å². The van der Waals surface area contributed by atoms with Crippen LogP contribution in [0.3, 0.4) is 0 Å². The summed E-state index contributed by atoms with van der Waals surface area (Å²) in [6, 6.07) is 57.4. The highest BCUT2D eigenvalue weighted by Gasteiger charge is 2.24. The first kappa shape index (κ1) is 27.8. The van der Waals surface area contributed by atoms with Gasteiger partial charge in [-0.1, -0.05) is 109 Å². The molecule has 0 atom stereocenters. The summed E-state index contributed by atoms with van der Waals surface area (Å²) in [5.74, 6) is 0.671. The lowest BCUT2D eigenvalue weighted by Gasteiger charge is -2.14. The summed E-state index contributed by atoms with van der Waals surface area (Å²) >= 11 is 1.84. The maximum absolute atomic E-state index is 5.57. The number of rotatable bonds is 2. The van der Waals surface area contributed by atoms with Gasteiger partial charge < -0.3 is 4.40 Å². The largest absolute Gasteiger partial charge is 0.308 e. The van der Waals surface area contributed by atoms with E-state index in [-0.39, 0.29) is 0 Å². The maximum atomic E-state index is 5.57. The average molecular weight is 691 g/mol. The Bertz CT molecular complexity index is 3700. The first-order valence-corrected chi connectivity index (χ1v) is 18.8. The molecule has 0 aliphatic carbocycles. The van der Waals surface area contributed by atoms with Crippen LogP contribution in [0.15, 0.2) is 158 Å². The number of fused-ring (bicyclic) bond motifs is 11. The number of nitrogens with zero attached hydrogens (tertiary/aromatic N) is 4. The lowest BCUT2D eigenvalue weighted by atomic mass is 10.0. The quantitative estimate of drug-likeness (QED) is 0.169. The molecule has 0 aliphatic rings. The third-order valence-corrected chi connectivity index (χ3v) is 12.6. The minimum absolute atomic E-state index is 0.671. The summed E-state index contributed by atoms with van der Waals surface area (Å²) in [4.78, 5) is 11.1. The van der Waals surface area contributed by atoms with Crippen LogP contribution in [0.2, 0.25) is 0 Å². The number of thiophene rings is 1. The van der Waals surface area contributed by atoms with Gasteiger partial charge in [0.05, 0.1) is 38.8 Å². The topological polar surface area (TPSA) is 35.1 Å². The van der Waals surface area contributed by atoms with Gasteiger partial charge in [-0.05, 0) is 59.3 Å². The minimum atomic E-state index is 0.671. The molecule has 8 aromatic carbocycles. The van der Waals surface area contributed by atoms with Gasteiger partial charge in [-0.15, -0.1) is 11.3 Å². The molecule has 0 saturated carbocycles. The predicted molar refractivity (Wildman–Crippen MR) is 224 cm³/mol. The van der Waals surface area contributed by atoms with Crippen LogP contribution in [0.5, 0.6) is 0 Å². The average Bonchev–Trinajstić information content (AvgIpc) is 3.85. The van der Waals surface area contributed by atoms with Crippen molar-refractivity contribution in [3.63, 3.8) is 0 Å². The zero-order chi connectivity index (χ0) is 34.4. The Morgan fingerprint density at radius 2 is 1.08 bits per heavy atom. The highest BCUT2D eigenvalue weighted by Crippen LogP contribution is 2.45. The van der Waals surface area contributed by atoms with E-state index in [2.05, 4.69) is 167 Å². The Kier molecular flexibility index (Phi) is 5.22. The first-order valence-electron chi connectivity index (χ1n) is 18.0. The SMILES string of the molecule is c1ccc2c(c1)ccc1c(-c3ccc4sc5ccccc5c4c3)nc(-n3c4cccc5c6cccc7c8ccccc8n(c8cccc3c8c54)c67)nc12. The summed E-state index contributed by atoms with van der Waals surface area (Å²) in [5.41, 5.74) is 8.81. The smallest absolute Gasteiger partial charge is 0.235 e. The minimum Gasteiger partial charge on any atom is -0.308 e. The van der Waals surface area contributed by atoms with E-state index in [4.69, 9.17) is 9.97 Å². The summed E-state index contributed by atoms with van der Waals surface area (Å²) in [6.45, 7) is 0. The van der Waals surface area contributed by atoms with Crippen LogP contribution in [0.4, 0.5) is 0 Å². The molecule has 5 aromatic heterocycles. The van der Waals surface area contributed by atoms with Crippen molar-refractivity contribution in [2.45, 2.75) is 0 Å². The van der Waals surface area contributed by atoms with Gasteiger partial charge in [0, 0.05) is 63.4 Å². The molecule has 13 rings (SSSR count). The van der Waals surface area contributed by atoms with Crippen LogP contribution in [-0.2, 0) is 0 Å². The van der Waals surface area contributed by atoms with Crippen molar-refractivity contribution in [3.8, 4) is 17.2 Å². The lowest BCUT2D eigenvalue weighted by Crippen LogP contribution is -2.04. The number of hydrogen-bond acceptors (Lipinski definition) is 3. The van der Waals surface area contributed by atoms with E-state index in [0.717, 1.165) is 44.0 Å². The van der Waals surface area contributed by atoms with E-state index in [0.29, 0.717) is 5.95 Å². The van der Waals surface area contributed by atoms with Crippen LogP contribution in [0.25, 0.3) is 119 Å². The predicted octanol–water partition coefficient (Wildman–Crippen LogP) is 13.1. The van der Waals surface area contributed by atoms with Gasteiger partial charge in [0.2, 0.25) is 5.95 Å². The summed E-state index contributed by atoms with van der Waals surface area (Å²) in [6.07, 6.45) is 0. The molecular weight excluding hydrogens is 665 g/mol. The fourth-order valence-corrected chi connectivity index (χ4v) is 10.3. The van der Waals surface area contributed by atoms with Crippen LogP contribution >= 0.6 is 11.3 Å². The number of hydrogen-bond donors (Lipinski definition) is 0. The third kappa shape index (κ3) is 3.54. The van der Waals surface area contributed by atoms with Gasteiger partial charge in [0.1, 0.15) is 0 Å². The Labute approximate surface area is 305 Å². The molecule has 0 saturated heterocycles. The molecule has 13 aromatic rings. The van der Waals surface area contributed by atoms with E-state index < -0.39 is 0 Å². The van der Waals surface area contributed by atoms with Gasteiger partial charge in [-0.25, -0.2) is 9.97 Å². The van der Waals surface area contributed by atoms with E-state index in [9.17, 15) is 0 Å². The van der Waals surface area contributed by atoms with Crippen LogP contribution < -0.4 is 0 Å². The second-order valence-electron chi connectivity index (χ2n) is 14.1. The first-order chi connectivity index (χ1) is 26.3. The van der Waals surface area contributed by atoms with Gasteiger partial charge >= 0.3 is 0 Å². The van der Waals surface area contributed by atoms with Crippen molar-refractivity contribution < 1.29 is 0 Å². The molecule has 0 fully saturated rings. The number of aromatic nitrogens is 4. The van der Waals surface area contributed by atoms with E-state index in [1.54, 1.807) is 0 Å². The summed E-state index contributed by atoms with van der Waals surface area (Å²) in [7, 11) is 0. The maximum Gasteiger partial charge on any atom is 0.235 e. The molecule has 0 radical (unpaired) electrons. The van der Waals surface area contributed by atoms with Gasteiger partial charge in [0.25, 0.3) is 0 Å². The molecule has 53 heavy (non-hydrogen) atoms. The fraction of sp³-hybridized carbons (Fsp3) is 0. The van der Waals surface area contributed by atoms with E-state index in [1.807, 2.05) is 11.3 Å². The van der Waals surface area contributed by atoms with Crippen molar-refractivity contribution in [3.05, 3.63) is 158 Å². The summed E-state index contributed by atoms with van der Waals surface area (Å²) in [5, 5.41) is 13.3. The van der Waals surface area contributed by atoms with Crippen LogP contribution in [0, 0.1) is 0 Å². The van der Waals surface area contributed by atoms with Gasteiger partial charge in [0.15, 0.2) is 0 Å². The lowest BCUT2D eigenvalue weighted by molar-refractivity contribution is 1.02. The molecule has 0 aliphatic heterocycles. The second-order valence-corrected chi connectivity index (χ2v) is 15.2. The molecule has 0 amide bonds. The number of para-hydroxylation sites is 2. The van der Waals surface area contributed by atoms with Crippen molar-refractivity contribution in [1.29, 1.82) is 0 Å². The van der Waals surface area contributed by atoms with Crippen molar-refractivity contribution in [2.75, 3.05) is 0 Å². The molecule has 244 valence electrons. The monoisotopic (exact) mass is 690 g/mol. The number of benzene rings is 8. The van der Waals surface area contributed by atoms with E-state index >= 15 is 0 Å². The fourth-order valence-electron chi connectivity index (χ4n) is 9.25. The Morgan fingerprint density at radius 3 is 2.00 bits per heavy atom. The standard InChI is InChI=1S/C48H26N4S/c1-2-11-29-27(10-1)22-24-35-45(28-23-25-42-36(26-28)31-13-4-6-21-41(31)53-42)49-48(50-46(29)35)52-38-18-8-14-32-34-16-7-15-33-30-12-3-5-17-37(30)51(47(33)34)39-19-9-20-40(52)44(39)43(32)38/h1-26H. The normalized spacial score (nSPS) is 12.5. The molecule has 0 unspecified atom stereocenters. The molecule has 5 heterocycles. The molecule has 4 nitrogen and oxygen atoms in total. The Hall–Kier alpha value is -6.82. The Balaban J connectivity index is 1.21. The van der Waals surface area contributed by atoms with Gasteiger partial charge in [-0.3, -0.25) is 4.57 Å². The van der Waals surface area contributed by atoms with Crippen LogP contribution in [-0.4, -0.2) is 18.9 Å². The van der Waals surface area contributed by atoms with Gasteiger partial charge in [-0.2, -0.15) is 0 Å². The van der Waals surface area contributed by atoms with Crippen molar-refractivity contribution in [1.82, 2.24) is 18.9 Å². The van der Waals surface area contributed by atoms with Crippen molar-refractivity contribution >= 4 is 113 Å². The Morgan fingerprint density at radius 1 is 0.415 bits per heavy atom. The molecule has 5 heteroatoms. The highest BCUT2D eigenvalue weighted by molar-refractivity contribution is 7.25. The molecule has 0 bridgehead atoms. The molecular formula is C48H26N4S. The molecule has 0 spiro atoms. The zero-order valence-electron chi connectivity index (χ0n) is 28.2. The third-order valence-electron chi connectivity index (χ3n) is 11.5. The zero-order valence-corrected chi connectivity index (χ0v) is 29.0. The van der Waals surface area contributed by atoms with E-state index in [1.165, 1.54) is 69.0 Å². The molecule has 0 N–H and O–H groups in total. The van der Waals surface area contributed by atoms with Crippen LogP contribution in [0.1, 0.15) is 0 Å². The summed E-state index contributed by atoms with van der Waals surface area (Å²) < 4.78 is 7.36. The second kappa shape index (κ2) is 9.94. The highest BCUT2D eigenvalue weighted by atomic mass is 32.1.